The molecule has 0 saturated heterocycles. The van der Waals surface area contributed by atoms with Crippen molar-refractivity contribution in [1.29, 1.82) is 0 Å². The van der Waals surface area contributed by atoms with E-state index >= 15 is 0 Å². The number of carbonyl (C=O) groups excluding carboxylic acids is 1. The van der Waals surface area contributed by atoms with Crippen LogP contribution < -0.4 is 0 Å². The van der Waals surface area contributed by atoms with Crippen molar-refractivity contribution in [3.05, 3.63) is 34.5 Å². The molecule has 0 spiro atoms. The normalized spacial score (nSPS) is 15.6. The third-order valence-corrected chi connectivity index (χ3v) is 3.36. The van der Waals surface area contributed by atoms with Crippen LogP contribution in [0, 0.1) is 0 Å². The van der Waals surface area contributed by atoms with Crippen molar-refractivity contribution in [2.75, 3.05) is 13.6 Å². The number of likely N-dealkylation sites (N-methyl/N-ethyl adjacent to an activating group) is 1. The fraction of sp³-hybridized carbons (Fsp3) is 0.250. The molecular formula is C12H11ClN2O. The van der Waals surface area contributed by atoms with E-state index in [2.05, 4.69) is 4.98 Å². The van der Waals surface area contributed by atoms with Gasteiger partial charge in [0.1, 0.15) is 5.69 Å². The topological polar surface area (TPSA) is 36.1 Å². The number of hydrogen-bond donors (Lipinski definition) is 1. The largest absolute Gasteiger partial charge is 0.350 e. The molecule has 0 unspecified atom stereocenters. The summed E-state index contributed by atoms with van der Waals surface area (Å²) < 4.78 is 0. The van der Waals surface area contributed by atoms with Crippen molar-refractivity contribution < 1.29 is 4.79 Å². The SMILES string of the molecule is CN1CCc2c([nH]c3cc(Cl)ccc23)C1=O. The Balaban J connectivity index is 2.30. The van der Waals surface area contributed by atoms with E-state index in [4.69, 9.17) is 11.6 Å². The summed E-state index contributed by atoms with van der Waals surface area (Å²) in [6.45, 7) is 0.779. The maximum atomic E-state index is 11.9. The predicted molar refractivity (Wildman–Crippen MR) is 64.0 cm³/mol. The minimum absolute atomic E-state index is 0.0635. The van der Waals surface area contributed by atoms with Gasteiger partial charge in [0, 0.05) is 29.5 Å². The number of halogens is 1. The lowest BCUT2D eigenvalue weighted by molar-refractivity contribution is 0.0776. The number of carbonyl (C=O) groups is 1. The Kier molecular flexibility index (Phi) is 1.98. The first-order valence-corrected chi connectivity index (χ1v) is 5.60. The second-order valence-electron chi connectivity index (χ2n) is 4.15. The Morgan fingerprint density at radius 3 is 3.06 bits per heavy atom. The van der Waals surface area contributed by atoms with Crippen LogP contribution in [-0.4, -0.2) is 29.4 Å². The number of benzene rings is 1. The van der Waals surface area contributed by atoms with Crippen LogP contribution in [0.3, 0.4) is 0 Å². The van der Waals surface area contributed by atoms with E-state index in [1.807, 2.05) is 25.2 Å². The van der Waals surface area contributed by atoms with Crippen molar-refractivity contribution in [2.24, 2.45) is 0 Å². The molecule has 1 amide bonds. The Morgan fingerprint density at radius 1 is 1.44 bits per heavy atom. The number of rotatable bonds is 0. The van der Waals surface area contributed by atoms with Crippen LogP contribution in [0.4, 0.5) is 0 Å². The molecule has 16 heavy (non-hydrogen) atoms. The van der Waals surface area contributed by atoms with Crippen molar-refractivity contribution in [3.8, 4) is 0 Å². The van der Waals surface area contributed by atoms with Gasteiger partial charge in [-0.2, -0.15) is 0 Å². The molecule has 3 nitrogen and oxygen atoms in total. The summed E-state index contributed by atoms with van der Waals surface area (Å²) in [6.07, 6.45) is 0.902. The van der Waals surface area contributed by atoms with Gasteiger partial charge in [0.05, 0.1) is 0 Å². The van der Waals surface area contributed by atoms with Crippen LogP contribution in [0.15, 0.2) is 18.2 Å². The fourth-order valence-electron chi connectivity index (χ4n) is 2.24. The van der Waals surface area contributed by atoms with Gasteiger partial charge in [-0.15, -0.1) is 0 Å². The highest BCUT2D eigenvalue weighted by Crippen LogP contribution is 2.28. The Labute approximate surface area is 98.0 Å². The van der Waals surface area contributed by atoms with Gasteiger partial charge >= 0.3 is 0 Å². The summed E-state index contributed by atoms with van der Waals surface area (Å²) in [7, 11) is 1.82. The number of aromatic amines is 1. The zero-order valence-corrected chi connectivity index (χ0v) is 9.64. The zero-order valence-electron chi connectivity index (χ0n) is 8.88. The Hall–Kier alpha value is -1.48. The molecule has 1 aromatic carbocycles. The minimum Gasteiger partial charge on any atom is -0.350 e. The maximum Gasteiger partial charge on any atom is 0.270 e. The summed E-state index contributed by atoms with van der Waals surface area (Å²) in [6, 6.07) is 5.70. The monoisotopic (exact) mass is 234 g/mol. The standard InChI is InChI=1S/C12H11ClN2O/c1-15-5-4-9-8-3-2-7(13)6-10(8)14-11(9)12(15)16/h2-3,6,14H,4-5H2,1H3. The lowest BCUT2D eigenvalue weighted by atomic mass is 10.0. The minimum atomic E-state index is 0.0635. The molecule has 0 atom stereocenters. The molecule has 0 bridgehead atoms. The molecule has 1 N–H and O–H groups in total. The summed E-state index contributed by atoms with van der Waals surface area (Å²) in [5.74, 6) is 0.0635. The lowest BCUT2D eigenvalue weighted by Gasteiger charge is -2.22. The van der Waals surface area contributed by atoms with Gasteiger partial charge < -0.3 is 9.88 Å². The molecule has 0 fully saturated rings. The average molecular weight is 235 g/mol. The third-order valence-electron chi connectivity index (χ3n) is 3.13. The van der Waals surface area contributed by atoms with Crippen molar-refractivity contribution in [2.45, 2.75) is 6.42 Å². The Morgan fingerprint density at radius 2 is 2.25 bits per heavy atom. The highest BCUT2D eigenvalue weighted by Gasteiger charge is 2.25. The number of hydrogen-bond acceptors (Lipinski definition) is 1. The van der Waals surface area contributed by atoms with Gasteiger partial charge in [-0.05, 0) is 24.1 Å². The first kappa shape index (κ1) is 9.73. The quantitative estimate of drug-likeness (QED) is 0.747. The van der Waals surface area contributed by atoms with E-state index in [1.54, 1.807) is 4.90 Å². The zero-order chi connectivity index (χ0) is 11.3. The smallest absolute Gasteiger partial charge is 0.270 e. The van der Waals surface area contributed by atoms with Crippen LogP contribution >= 0.6 is 11.6 Å². The highest BCUT2D eigenvalue weighted by molar-refractivity contribution is 6.31. The lowest BCUT2D eigenvalue weighted by Crippen LogP contribution is -2.33. The van der Waals surface area contributed by atoms with Crippen LogP contribution in [0.25, 0.3) is 10.9 Å². The number of aromatic nitrogens is 1. The molecular weight excluding hydrogens is 224 g/mol. The highest BCUT2D eigenvalue weighted by atomic mass is 35.5. The Bertz CT molecular complexity index is 588. The predicted octanol–water partition coefficient (Wildman–Crippen LogP) is 2.45. The molecule has 1 aliphatic heterocycles. The van der Waals surface area contributed by atoms with E-state index in [-0.39, 0.29) is 5.91 Å². The number of fused-ring (bicyclic) bond motifs is 3. The average Bonchev–Trinajstić information content (AvgIpc) is 2.62. The third kappa shape index (κ3) is 1.25. The summed E-state index contributed by atoms with van der Waals surface area (Å²) in [4.78, 5) is 16.8. The van der Waals surface area contributed by atoms with Crippen molar-refractivity contribution >= 4 is 28.4 Å². The van der Waals surface area contributed by atoms with Crippen LogP contribution in [0.2, 0.25) is 5.02 Å². The van der Waals surface area contributed by atoms with E-state index in [1.165, 1.54) is 0 Å². The number of nitrogens with one attached hydrogen (secondary N) is 1. The number of amides is 1. The molecule has 0 saturated carbocycles. The molecule has 1 aromatic heterocycles. The molecule has 1 aliphatic rings. The van der Waals surface area contributed by atoms with Crippen molar-refractivity contribution in [3.63, 3.8) is 0 Å². The summed E-state index contributed by atoms with van der Waals surface area (Å²) in [5, 5.41) is 1.80. The first-order chi connectivity index (χ1) is 7.66. The van der Waals surface area contributed by atoms with Crippen molar-refractivity contribution in [1.82, 2.24) is 9.88 Å². The van der Waals surface area contributed by atoms with Crippen LogP contribution in [0.5, 0.6) is 0 Å². The van der Waals surface area contributed by atoms with Gasteiger partial charge in [0.25, 0.3) is 5.91 Å². The van der Waals surface area contributed by atoms with Crippen LogP contribution in [-0.2, 0) is 6.42 Å². The van der Waals surface area contributed by atoms with Crippen LogP contribution in [0.1, 0.15) is 16.1 Å². The molecule has 2 aromatic rings. The second-order valence-corrected chi connectivity index (χ2v) is 4.58. The van der Waals surface area contributed by atoms with E-state index in [0.29, 0.717) is 10.7 Å². The fourth-order valence-corrected chi connectivity index (χ4v) is 2.41. The molecule has 4 heteroatoms. The second kappa shape index (κ2) is 3.25. The van der Waals surface area contributed by atoms with E-state index in [9.17, 15) is 4.79 Å². The van der Waals surface area contributed by atoms with E-state index < -0.39 is 0 Å². The van der Waals surface area contributed by atoms with Gasteiger partial charge in [0.15, 0.2) is 0 Å². The molecule has 2 heterocycles. The van der Waals surface area contributed by atoms with Gasteiger partial charge in [-0.3, -0.25) is 4.79 Å². The molecule has 0 radical (unpaired) electrons. The maximum absolute atomic E-state index is 11.9. The van der Waals surface area contributed by atoms with Gasteiger partial charge in [0.2, 0.25) is 0 Å². The van der Waals surface area contributed by atoms with Gasteiger partial charge in [-0.25, -0.2) is 0 Å². The number of nitrogens with zero attached hydrogens (tertiary/aromatic N) is 1. The van der Waals surface area contributed by atoms with E-state index in [0.717, 1.165) is 29.4 Å². The number of H-pyrrole nitrogens is 1. The summed E-state index contributed by atoms with van der Waals surface area (Å²) in [5.41, 5.74) is 2.78. The molecule has 3 rings (SSSR count). The molecule has 0 aliphatic carbocycles. The molecule has 82 valence electrons. The first-order valence-electron chi connectivity index (χ1n) is 5.22. The van der Waals surface area contributed by atoms with Gasteiger partial charge in [-0.1, -0.05) is 17.7 Å². The summed E-state index contributed by atoms with van der Waals surface area (Å²) >= 11 is 5.93.